The Bertz CT molecular complexity index is 514. The maximum Gasteiger partial charge on any atom is 0.280 e. The zero-order chi connectivity index (χ0) is 14.5. The molecule has 0 aliphatic heterocycles. The molecule has 108 valence electrons. The normalized spacial score (nSPS) is 14.2. The molecule has 0 amide bonds. The summed E-state index contributed by atoms with van der Waals surface area (Å²) >= 11 is 0. The van der Waals surface area contributed by atoms with Gasteiger partial charge in [0.25, 0.3) is 11.4 Å². The van der Waals surface area contributed by atoms with Gasteiger partial charge in [-0.05, 0) is 31.4 Å². The van der Waals surface area contributed by atoms with Crippen LogP contribution < -0.4 is 5.32 Å². The van der Waals surface area contributed by atoms with Crippen molar-refractivity contribution in [2.24, 2.45) is 5.92 Å². The number of non-ortho nitro benzene ring substituents is 1. The highest BCUT2D eigenvalue weighted by atomic mass is 16.6. The minimum atomic E-state index is -0.625. The van der Waals surface area contributed by atoms with Crippen LogP contribution in [0.15, 0.2) is 18.2 Å². The molecule has 0 saturated heterocycles. The van der Waals surface area contributed by atoms with E-state index in [1.165, 1.54) is 31.4 Å². The van der Waals surface area contributed by atoms with Crippen LogP contribution in [0.2, 0.25) is 0 Å². The summed E-state index contributed by atoms with van der Waals surface area (Å²) in [6.45, 7) is 1.17. The molecule has 1 aliphatic rings. The lowest BCUT2D eigenvalue weighted by Gasteiger charge is -2.05. The van der Waals surface area contributed by atoms with Crippen LogP contribution in [0.1, 0.15) is 31.2 Å². The van der Waals surface area contributed by atoms with Gasteiger partial charge in [-0.1, -0.05) is 12.8 Å². The quantitative estimate of drug-likeness (QED) is 0.448. The van der Waals surface area contributed by atoms with Crippen LogP contribution >= 0.6 is 0 Å². The average molecular weight is 279 g/mol. The Morgan fingerprint density at radius 1 is 1.20 bits per heavy atom. The van der Waals surface area contributed by atoms with Gasteiger partial charge < -0.3 is 5.32 Å². The van der Waals surface area contributed by atoms with Gasteiger partial charge in [-0.2, -0.15) is 0 Å². The van der Waals surface area contributed by atoms with Crippen LogP contribution in [0, 0.1) is 26.1 Å². The molecule has 1 N–H and O–H groups in total. The first-order chi connectivity index (χ1) is 9.58. The van der Waals surface area contributed by atoms with Crippen molar-refractivity contribution in [3.8, 4) is 0 Å². The first-order valence-electron chi connectivity index (χ1n) is 6.70. The molecule has 0 heterocycles. The van der Waals surface area contributed by atoms with Gasteiger partial charge in [0.05, 0.1) is 15.9 Å². The third-order valence-corrected chi connectivity index (χ3v) is 3.45. The van der Waals surface area contributed by atoms with Crippen molar-refractivity contribution in [2.45, 2.75) is 32.2 Å². The molecule has 0 aromatic heterocycles. The summed E-state index contributed by atoms with van der Waals surface area (Å²) in [5.74, 6) is 0.880. The van der Waals surface area contributed by atoms with Crippen LogP contribution in [0.25, 0.3) is 0 Å². The summed E-state index contributed by atoms with van der Waals surface area (Å²) in [6, 6.07) is 3.76. The topological polar surface area (TPSA) is 98.3 Å². The Morgan fingerprint density at radius 2 is 1.95 bits per heavy atom. The van der Waals surface area contributed by atoms with E-state index >= 15 is 0 Å². The number of nitro groups is 2. The second kappa shape index (κ2) is 6.42. The summed E-state index contributed by atoms with van der Waals surface area (Å²) in [7, 11) is 0. The Morgan fingerprint density at radius 3 is 2.55 bits per heavy atom. The summed E-state index contributed by atoms with van der Waals surface area (Å²) < 4.78 is 0. The monoisotopic (exact) mass is 279 g/mol. The van der Waals surface area contributed by atoms with E-state index in [1.807, 2.05) is 0 Å². The Balaban J connectivity index is 1.91. The van der Waals surface area contributed by atoms with Gasteiger partial charge >= 0.3 is 0 Å². The lowest BCUT2D eigenvalue weighted by atomic mass is 10.1. The van der Waals surface area contributed by atoms with E-state index in [1.54, 1.807) is 0 Å². The van der Waals surface area contributed by atoms with Crippen molar-refractivity contribution in [2.75, 3.05) is 6.54 Å². The lowest BCUT2D eigenvalue weighted by molar-refractivity contribution is -0.394. The van der Waals surface area contributed by atoms with E-state index in [0.29, 0.717) is 12.1 Å². The average Bonchev–Trinajstić information content (AvgIpc) is 3.22. The van der Waals surface area contributed by atoms with Gasteiger partial charge in [0.2, 0.25) is 0 Å². The minimum absolute atomic E-state index is 0.200. The first-order valence-corrected chi connectivity index (χ1v) is 6.70. The molecule has 0 atom stereocenters. The minimum Gasteiger partial charge on any atom is -0.312 e. The molecule has 0 bridgehead atoms. The standard InChI is InChI=1S/C13H17N3O4/c17-15(18)12-6-5-11(13(8-12)16(19)20)9-14-7-1-2-10-3-4-10/h5-6,8,10,14H,1-4,7,9H2. The number of hydrogen-bond acceptors (Lipinski definition) is 5. The highest BCUT2D eigenvalue weighted by Gasteiger charge is 2.20. The van der Waals surface area contributed by atoms with Gasteiger partial charge in [-0.15, -0.1) is 0 Å². The second-order valence-corrected chi connectivity index (χ2v) is 5.09. The Labute approximate surface area is 116 Å². The van der Waals surface area contributed by atoms with Crippen molar-refractivity contribution < 1.29 is 9.85 Å². The Kier molecular flexibility index (Phi) is 4.62. The summed E-state index contributed by atoms with van der Waals surface area (Å²) in [6.07, 6.45) is 4.92. The number of rotatable bonds is 8. The van der Waals surface area contributed by atoms with Gasteiger partial charge in [0.15, 0.2) is 0 Å². The fraction of sp³-hybridized carbons (Fsp3) is 0.538. The largest absolute Gasteiger partial charge is 0.312 e. The first kappa shape index (κ1) is 14.4. The number of hydrogen-bond donors (Lipinski definition) is 1. The van der Waals surface area contributed by atoms with Gasteiger partial charge in [-0.25, -0.2) is 0 Å². The van der Waals surface area contributed by atoms with Crippen molar-refractivity contribution in [3.05, 3.63) is 44.0 Å². The van der Waals surface area contributed by atoms with E-state index < -0.39 is 9.85 Å². The van der Waals surface area contributed by atoms with Crippen LogP contribution in [0.4, 0.5) is 11.4 Å². The van der Waals surface area contributed by atoms with Gasteiger partial charge in [-0.3, -0.25) is 20.2 Å². The van der Waals surface area contributed by atoms with Crippen LogP contribution in [0.3, 0.4) is 0 Å². The predicted octanol–water partition coefficient (Wildman–Crippen LogP) is 2.78. The highest BCUT2D eigenvalue weighted by Crippen LogP contribution is 2.33. The molecule has 1 aromatic rings. The molecular formula is C13H17N3O4. The van der Waals surface area contributed by atoms with Crippen LogP contribution in [0.5, 0.6) is 0 Å². The van der Waals surface area contributed by atoms with E-state index in [-0.39, 0.29) is 11.4 Å². The van der Waals surface area contributed by atoms with Gasteiger partial charge in [0.1, 0.15) is 0 Å². The van der Waals surface area contributed by atoms with E-state index in [4.69, 9.17) is 0 Å². The van der Waals surface area contributed by atoms with E-state index in [9.17, 15) is 20.2 Å². The fourth-order valence-corrected chi connectivity index (χ4v) is 2.13. The molecule has 1 aliphatic carbocycles. The summed E-state index contributed by atoms with van der Waals surface area (Å²) in [4.78, 5) is 20.4. The Hall–Kier alpha value is -2.02. The number of nitro benzene ring substituents is 2. The van der Waals surface area contributed by atoms with Crippen LogP contribution in [-0.2, 0) is 6.54 Å². The third kappa shape index (κ3) is 3.99. The predicted molar refractivity (Wildman–Crippen MR) is 73.4 cm³/mol. The lowest BCUT2D eigenvalue weighted by Crippen LogP contribution is -2.15. The van der Waals surface area contributed by atoms with Crippen molar-refractivity contribution in [1.82, 2.24) is 5.32 Å². The fourth-order valence-electron chi connectivity index (χ4n) is 2.13. The van der Waals surface area contributed by atoms with E-state index in [2.05, 4.69) is 5.32 Å². The molecule has 0 spiro atoms. The highest BCUT2D eigenvalue weighted by molar-refractivity contribution is 5.49. The molecule has 1 fully saturated rings. The number of nitrogens with one attached hydrogen (secondary N) is 1. The summed E-state index contributed by atoms with van der Waals surface area (Å²) in [5.41, 5.74) is 0.0232. The van der Waals surface area contributed by atoms with Crippen molar-refractivity contribution >= 4 is 11.4 Å². The molecule has 7 nitrogen and oxygen atoms in total. The molecule has 7 heteroatoms. The maximum absolute atomic E-state index is 10.9. The molecular weight excluding hydrogens is 262 g/mol. The summed E-state index contributed by atoms with van der Waals surface area (Å²) in [5, 5.41) is 24.7. The number of nitrogens with zero attached hydrogens (tertiary/aromatic N) is 2. The van der Waals surface area contributed by atoms with Crippen molar-refractivity contribution in [1.29, 1.82) is 0 Å². The smallest absolute Gasteiger partial charge is 0.280 e. The van der Waals surface area contributed by atoms with Crippen LogP contribution in [-0.4, -0.2) is 16.4 Å². The zero-order valence-electron chi connectivity index (χ0n) is 11.1. The molecule has 1 aromatic carbocycles. The second-order valence-electron chi connectivity index (χ2n) is 5.09. The van der Waals surface area contributed by atoms with Gasteiger partial charge in [0, 0.05) is 18.2 Å². The third-order valence-electron chi connectivity index (χ3n) is 3.45. The molecule has 0 radical (unpaired) electrons. The molecule has 0 unspecified atom stereocenters. The van der Waals surface area contributed by atoms with Crippen molar-refractivity contribution in [3.63, 3.8) is 0 Å². The zero-order valence-corrected chi connectivity index (χ0v) is 11.1. The SMILES string of the molecule is O=[N+]([O-])c1ccc(CNCCCC2CC2)c([N+](=O)[O-])c1. The number of benzene rings is 1. The maximum atomic E-state index is 10.9. The molecule has 1 saturated carbocycles. The molecule has 20 heavy (non-hydrogen) atoms. The van der Waals surface area contributed by atoms with E-state index in [0.717, 1.165) is 24.9 Å². The molecule has 2 rings (SSSR count).